The molecular weight excluding hydrogens is 364 g/mol. The van der Waals surface area contributed by atoms with Gasteiger partial charge in [0.2, 0.25) is 5.91 Å². The van der Waals surface area contributed by atoms with Crippen LogP contribution in [0.3, 0.4) is 0 Å². The Morgan fingerprint density at radius 2 is 2.10 bits per heavy atom. The summed E-state index contributed by atoms with van der Waals surface area (Å²) in [5.41, 5.74) is 3.13. The summed E-state index contributed by atoms with van der Waals surface area (Å²) in [6.45, 7) is 6.47. The second kappa shape index (κ2) is 8.17. The van der Waals surface area contributed by atoms with E-state index in [1.807, 2.05) is 36.6 Å². The third-order valence-electron chi connectivity index (χ3n) is 6.92. The van der Waals surface area contributed by atoms with Gasteiger partial charge in [-0.2, -0.15) is 0 Å². The van der Waals surface area contributed by atoms with Crippen LogP contribution < -0.4 is 10.6 Å². The average Bonchev–Trinajstić information content (AvgIpc) is 3.39. The third kappa shape index (κ3) is 4.02. The fourth-order valence-electron chi connectivity index (χ4n) is 5.46. The van der Waals surface area contributed by atoms with Crippen LogP contribution in [-0.4, -0.2) is 33.8 Å². The molecule has 0 aliphatic heterocycles. The van der Waals surface area contributed by atoms with E-state index in [0.29, 0.717) is 36.7 Å². The number of amides is 2. The summed E-state index contributed by atoms with van der Waals surface area (Å²) in [6.07, 6.45) is 8.30. The highest BCUT2D eigenvalue weighted by Crippen LogP contribution is 2.49. The molecule has 0 saturated heterocycles. The minimum absolute atomic E-state index is 0.0936. The average molecular weight is 397 g/mol. The first-order valence-corrected chi connectivity index (χ1v) is 11.0. The maximum absolute atomic E-state index is 12.6. The van der Waals surface area contributed by atoms with Crippen molar-refractivity contribution in [2.24, 2.45) is 17.8 Å². The molecule has 6 nitrogen and oxygen atoms in total. The number of hydrogen-bond donors (Lipinski definition) is 2. The van der Waals surface area contributed by atoms with E-state index in [0.717, 1.165) is 23.0 Å². The zero-order valence-electron chi connectivity index (χ0n) is 17.7. The van der Waals surface area contributed by atoms with Crippen molar-refractivity contribution in [3.63, 3.8) is 0 Å². The molecule has 2 fully saturated rings. The van der Waals surface area contributed by atoms with Crippen molar-refractivity contribution < 1.29 is 9.59 Å². The molecule has 2 aliphatic carbocycles. The summed E-state index contributed by atoms with van der Waals surface area (Å²) in [4.78, 5) is 29.5. The van der Waals surface area contributed by atoms with Gasteiger partial charge in [0.15, 0.2) is 0 Å². The fraction of sp³-hybridized carbons (Fsp3) is 0.609. The lowest BCUT2D eigenvalue weighted by Gasteiger charge is -2.28. The highest BCUT2D eigenvalue weighted by molar-refractivity contribution is 5.94. The molecule has 0 radical (unpaired) electrons. The number of imidazole rings is 1. The standard InChI is InChI=1S/C23H32N4O2/c1-14-6-5-11-27-21(16(3)26-22(14)27)23(29)24-10-4-7-20(28)25-15(2)19-13-17-8-9-18(19)12-17/h5-6,11,15,17-19H,4,7-10,12-13H2,1-3H3,(H,24,29)(H,25,28). The Labute approximate surface area is 172 Å². The normalized spacial score (nSPS) is 24.0. The van der Waals surface area contributed by atoms with Gasteiger partial charge in [0.25, 0.3) is 5.91 Å². The lowest BCUT2D eigenvalue weighted by atomic mass is 9.84. The van der Waals surface area contributed by atoms with Crippen LogP contribution in [0, 0.1) is 31.6 Å². The number of nitrogens with one attached hydrogen (secondary N) is 2. The number of pyridine rings is 1. The largest absolute Gasteiger partial charge is 0.353 e. The van der Waals surface area contributed by atoms with E-state index < -0.39 is 0 Å². The zero-order valence-corrected chi connectivity index (χ0v) is 17.7. The fourth-order valence-corrected chi connectivity index (χ4v) is 5.46. The number of hydrogen-bond acceptors (Lipinski definition) is 3. The zero-order chi connectivity index (χ0) is 20.5. The van der Waals surface area contributed by atoms with Gasteiger partial charge in [0.05, 0.1) is 5.69 Å². The lowest BCUT2D eigenvalue weighted by Crippen LogP contribution is -2.40. The number of carbonyl (C=O) groups is 2. The molecular formula is C23H32N4O2. The number of carbonyl (C=O) groups excluding carboxylic acids is 2. The van der Waals surface area contributed by atoms with Crippen molar-refractivity contribution in [3.05, 3.63) is 35.3 Å². The molecule has 4 rings (SSSR count). The Balaban J connectivity index is 1.23. The molecule has 2 N–H and O–H groups in total. The van der Waals surface area contributed by atoms with Gasteiger partial charge in [0.1, 0.15) is 11.3 Å². The van der Waals surface area contributed by atoms with Crippen LogP contribution in [0.5, 0.6) is 0 Å². The molecule has 2 amide bonds. The Morgan fingerprint density at radius 1 is 1.28 bits per heavy atom. The van der Waals surface area contributed by atoms with E-state index in [1.165, 1.54) is 25.7 Å². The number of aromatic nitrogens is 2. The molecule has 29 heavy (non-hydrogen) atoms. The van der Waals surface area contributed by atoms with Gasteiger partial charge in [-0.3, -0.25) is 14.0 Å². The van der Waals surface area contributed by atoms with E-state index in [9.17, 15) is 9.59 Å². The smallest absolute Gasteiger partial charge is 0.270 e. The molecule has 2 aromatic heterocycles. The minimum atomic E-state index is -0.142. The summed E-state index contributed by atoms with van der Waals surface area (Å²) < 4.78 is 1.84. The van der Waals surface area contributed by atoms with Crippen molar-refractivity contribution in [2.45, 2.75) is 65.3 Å². The number of aryl methyl sites for hydroxylation is 2. The van der Waals surface area contributed by atoms with Crippen molar-refractivity contribution in [1.82, 2.24) is 20.0 Å². The maximum atomic E-state index is 12.6. The van der Waals surface area contributed by atoms with Crippen LogP contribution in [-0.2, 0) is 4.79 Å². The lowest BCUT2D eigenvalue weighted by molar-refractivity contribution is -0.122. The second-order valence-electron chi connectivity index (χ2n) is 8.98. The molecule has 156 valence electrons. The summed E-state index contributed by atoms with van der Waals surface area (Å²) in [5, 5.41) is 6.14. The monoisotopic (exact) mass is 396 g/mol. The van der Waals surface area contributed by atoms with E-state index in [-0.39, 0.29) is 17.9 Å². The summed E-state index contributed by atoms with van der Waals surface area (Å²) >= 11 is 0. The van der Waals surface area contributed by atoms with Crippen molar-refractivity contribution in [3.8, 4) is 0 Å². The third-order valence-corrected chi connectivity index (χ3v) is 6.92. The SMILES string of the molecule is Cc1nc2c(C)cccn2c1C(=O)NCCCC(=O)NC(C)C1CC2CCC1C2. The Kier molecular flexibility index (Phi) is 5.61. The molecule has 2 saturated carbocycles. The minimum Gasteiger partial charge on any atom is -0.353 e. The van der Waals surface area contributed by atoms with Crippen LogP contribution >= 0.6 is 0 Å². The molecule has 0 aromatic carbocycles. The quantitative estimate of drug-likeness (QED) is 0.705. The highest BCUT2D eigenvalue weighted by Gasteiger charge is 2.42. The molecule has 4 unspecified atom stereocenters. The highest BCUT2D eigenvalue weighted by atomic mass is 16.2. The van der Waals surface area contributed by atoms with Crippen molar-refractivity contribution >= 4 is 17.5 Å². The Hall–Kier alpha value is -2.37. The number of rotatable bonds is 7. The van der Waals surface area contributed by atoms with Gasteiger partial charge in [-0.05, 0) is 75.8 Å². The van der Waals surface area contributed by atoms with Crippen LogP contribution in [0.2, 0.25) is 0 Å². The van der Waals surface area contributed by atoms with Crippen molar-refractivity contribution in [2.75, 3.05) is 6.54 Å². The van der Waals surface area contributed by atoms with Gasteiger partial charge < -0.3 is 10.6 Å². The van der Waals surface area contributed by atoms with Gasteiger partial charge in [-0.1, -0.05) is 12.5 Å². The number of fused-ring (bicyclic) bond motifs is 3. The predicted molar refractivity (Wildman–Crippen MR) is 113 cm³/mol. The predicted octanol–water partition coefficient (Wildman–Crippen LogP) is 3.40. The first-order chi connectivity index (χ1) is 13.9. The summed E-state index contributed by atoms with van der Waals surface area (Å²) in [6, 6.07) is 4.17. The summed E-state index contributed by atoms with van der Waals surface area (Å²) in [5.74, 6) is 2.31. The molecule has 2 heterocycles. The molecule has 2 bridgehead atoms. The Bertz CT molecular complexity index is 919. The molecule has 0 spiro atoms. The molecule has 2 aromatic rings. The van der Waals surface area contributed by atoms with E-state index in [4.69, 9.17) is 0 Å². The molecule has 6 heteroatoms. The van der Waals surface area contributed by atoms with Gasteiger partial charge >= 0.3 is 0 Å². The van der Waals surface area contributed by atoms with Gasteiger partial charge in [-0.25, -0.2) is 4.98 Å². The van der Waals surface area contributed by atoms with E-state index in [2.05, 4.69) is 22.5 Å². The Morgan fingerprint density at radius 3 is 2.83 bits per heavy atom. The van der Waals surface area contributed by atoms with Crippen LogP contribution in [0.25, 0.3) is 5.65 Å². The van der Waals surface area contributed by atoms with Crippen molar-refractivity contribution in [1.29, 1.82) is 0 Å². The van der Waals surface area contributed by atoms with Crippen LogP contribution in [0.1, 0.15) is 67.2 Å². The van der Waals surface area contributed by atoms with Crippen LogP contribution in [0.4, 0.5) is 0 Å². The van der Waals surface area contributed by atoms with E-state index in [1.54, 1.807) is 0 Å². The van der Waals surface area contributed by atoms with Crippen LogP contribution in [0.15, 0.2) is 18.3 Å². The van der Waals surface area contributed by atoms with Gasteiger partial charge in [-0.15, -0.1) is 0 Å². The molecule has 4 atom stereocenters. The molecule has 2 aliphatic rings. The topological polar surface area (TPSA) is 75.5 Å². The second-order valence-corrected chi connectivity index (χ2v) is 8.98. The van der Waals surface area contributed by atoms with E-state index >= 15 is 0 Å². The first kappa shape index (κ1) is 19.9. The maximum Gasteiger partial charge on any atom is 0.270 e. The first-order valence-electron chi connectivity index (χ1n) is 11.0. The summed E-state index contributed by atoms with van der Waals surface area (Å²) in [7, 11) is 0. The van der Waals surface area contributed by atoms with Gasteiger partial charge in [0, 0.05) is 25.2 Å². The number of nitrogens with zero attached hydrogens (tertiary/aromatic N) is 2.